The lowest BCUT2D eigenvalue weighted by molar-refractivity contribution is -0.123. The number of methoxy groups -OCH3 is 1. The third kappa shape index (κ3) is 7.12. The van der Waals surface area contributed by atoms with E-state index in [0.717, 1.165) is 13.1 Å². The number of aliphatic hydroxyl groups is 1. The number of sulfonamides is 1. The topological polar surface area (TPSA) is 126 Å². The van der Waals surface area contributed by atoms with Crippen molar-refractivity contribution in [3.63, 3.8) is 0 Å². The summed E-state index contributed by atoms with van der Waals surface area (Å²) in [5, 5.41) is 12.7. The Morgan fingerprint density at radius 3 is 2.59 bits per heavy atom. The first-order valence-electron chi connectivity index (χ1n) is 10.9. The second kappa shape index (κ2) is 11.9. The number of rotatable bonds is 10. The van der Waals surface area contributed by atoms with Gasteiger partial charge in [-0.3, -0.25) is 9.69 Å². The van der Waals surface area contributed by atoms with Crippen LogP contribution < -0.4 is 14.8 Å². The monoisotopic (exact) mass is 471 g/mol. The Balaban J connectivity index is 1.44. The molecule has 180 valence electrons. The van der Waals surface area contributed by atoms with E-state index >= 15 is 0 Å². The molecule has 3 N–H and O–H groups in total. The number of aliphatic hydroxyl groups excluding tert-OH is 1. The van der Waals surface area contributed by atoms with Gasteiger partial charge in [0, 0.05) is 19.6 Å². The average molecular weight is 472 g/mol. The molecule has 0 unspecified atom stereocenters. The van der Waals surface area contributed by atoms with Gasteiger partial charge in [-0.05, 0) is 43.5 Å². The van der Waals surface area contributed by atoms with Gasteiger partial charge in [-0.1, -0.05) is 0 Å². The molecule has 1 aromatic carbocycles. The number of carbonyl (C=O) groups excluding carboxylic acids is 1. The van der Waals surface area contributed by atoms with Crippen molar-refractivity contribution >= 4 is 15.9 Å². The first kappa shape index (κ1) is 24.9. The molecule has 10 nitrogen and oxygen atoms in total. The number of ether oxygens (including phenoxy) is 3. The van der Waals surface area contributed by atoms with Gasteiger partial charge in [0.2, 0.25) is 15.9 Å². The maximum Gasteiger partial charge on any atom is 0.240 e. The summed E-state index contributed by atoms with van der Waals surface area (Å²) in [5.74, 6) is 0.532. The molecule has 1 aromatic rings. The van der Waals surface area contributed by atoms with Crippen molar-refractivity contribution in [2.24, 2.45) is 0 Å². The highest BCUT2D eigenvalue weighted by Gasteiger charge is 2.34. The second-order valence-corrected chi connectivity index (χ2v) is 9.70. The van der Waals surface area contributed by atoms with E-state index in [0.29, 0.717) is 51.3 Å². The van der Waals surface area contributed by atoms with E-state index in [9.17, 15) is 18.3 Å². The third-order valence-corrected chi connectivity index (χ3v) is 7.24. The van der Waals surface area contributed by atoms with Crippen LogP contribution in [0.3, 0.4) is 0 Å². The van der Waals surface area contributed by atoms with Crippen LogP contribution in [0.1, 0.15) is 19.3 Å². The zero-order valence-electron chi connectivity index (χ0n) is 18.4. The maximum atomic E-state index is 12.7. The number of carbonyl (C=O) groups is 1. The molecule has 0 radical (unpaired) electrons. The summed E-state index contributed by atoms with van der Waals surface area (Å²) in [6.07, 6.45) is 0.963. The van der Waals surface area contributed by atoms with Crippen LogP contribution in [-0.4, -0.2) is 95.7 Å². The van der Waals surface area contributed by atoms with E-state index in [4.69, 9.17) is 14.2 Å². The lowest BCUT2D eigenvalue weighted by atomic mass is 9.98. The van der Waals surface area contributed by atoms with Gasteiger partial charge in [0.05, 0.1) is 56.6 Å². The minimum atomic E-state index is -3.75. The number of morpholine rings is 1. The highest BCUT2D eigenvalue weighted by Crippen LogP contribution is 2.24. The van der Waals surface area contributed by atoms with Crippen molar-refractivity contribution in [3.8, 4) is 5.75 Å². The Labute approximate surface area is 189 Å². The molecule has 0 aromatic heterocycles. The lowest BCUT2D eigenvalue weighted by Gasteiger charge is -2.36. The standard InChI is InChI=1S/C21H33N3O7S/c1-29-16-2-5-18(6-3-16)32(27,28)23-19-7-4-17(31-20(19)15-25)8-9-22-21(26)14-24-10-12-30-13-11-24/h2-3,5-6,17,19-20,23,25H,4,7-15H2,1H3,(H,22,26)/t17-,19-,20-/m0/s1. The Kier molecular flexibility index (Phi) is 9.26. The summed E-state index contributed by atoms with van der Waals surface area (Å²) in [7, 11) is -2.24. The van der Waals surface area contributed by atoms with Gasteiger partial charge in [0.15, 0.2) is 0 Å². The van der Waals surface area contributed by atoms with Gasteiger partial charge >= 0.3 is 0 Å². The van der Waals surface area contributed by atoms with E-state index in [2.05, 4.69) is 14.9 Å². The predicted molar refractivity (Wildman–Crippen MR) is 117 cm³/mol. The minimum absolute atomic E-state index is 0.0356. The maximum absolute atomic E-state index is 12.7. The van der Waals surface area contributed by atoms with E-state index < -0.39 is 22.2 Å². The normalized spacial score (nSPS) is 24.8. The highest BCUT2D eigenvalue weighted by molar-refractivity contribution is 7.89. The van der Waals surface area contributed by atoms with Crippen LogP contribution in [-0.2, 0) is 24.3 Å². The summed E-state index contributed by atoms with van der Waals surface area (Å²) >= 11 is 0. The molecule has 0 saturated carbocycles. The van der Waals surface area contributed by atoms with Crippen molar-refractivity contribution in [2.45, 2.75) is 42.4 Å². The SMILES string of the molecule is COc1ccc(S(=O)(=O)N[C@H]2CC[C@@H](CCNC(=O)CN3CCOCC3)O[C@H]2CO)cc1. The van der Waals surface area contributed by atoms with E-state index in [1.165, 1.54) is 19.2 Å². The molecule has 2 saturated heterocycles. The Morgan fingerprint density at radius 1 is 1.22 bits per heavy atom. The minimum Gasteiger partial charge on any atom is -0.497 e. The summed E-state index contributed by atoms with van der Waals surface area (Å²) in [5.41, 5.74) is 0. The number of hydrogen-bond acceptors (Lipinski definition) is 8. The second-order valence-electron chi connectivity index (χ2n) is 7.99. The van der Waals surface area contributed by atoms with Crippen LogP contribution in [0.4, 0.5) is 0 Å². The summed E-state index contributed by atoms with van der Waals surface area (Å²) in [4.78, 5) is 14.3. The fraction of sp³-hybridized carbons (Fsp3) is 0.667. The van der Waals surface area contributed by atoms with Gasteiger partial charge in [-0.15, -0.1) is 0 Å². The van der Waals surface area contributed by atoms with Gasteiger partial charge in [-0.25, -0.2) is 13.1 Å². The van der Waals surface area contributed by atoms with Gasteiger partial charge in [0.25, 0.3) is 0 Å². The molecule has 2 fully saturated rings. The highest BCUT2D eigenvalue weighted by atomic mass is 32.2. The molecule has 0 spiro atoms. The number of benzene rings is 1. The summed E-state index contributed by atoms with van der Waals surface area (Å²) in [6.45, 7) is 3.33. The zero-order chi connectivity index (χ0) is 23.0. The van der Waals surface area contributed by atoms with E-state index in [1.807, 2.05) is 0 Å². The van der Waals surface area contributed by atoms with Crippen molar-refractivity contribution in [3.05, 3.63) is 24.3 Å². The zero-order valence-corrected chi connectivity index (χ0v) is 19.2. The fourth-order valence-corrected chi connectivity index (χ4v) is 5.19. The number of amides is 1. The molecule has 2 aliphatic heterocycles. The summed E-state index contributed by atoms with van der Waals surface area (Å²) in [6, 6.07) is 5.58. The molecular formula is C21H33N3O7S. The van der Waals surface area contributed by atoms with Crippen LogP contribution in [0.25, 0.3) is 0 Å². The van der Waals surface area contributed by atoms with Crippen LogP contribution in [0, 0.1) is 0 Å². The molecule has 3 rings (SSSR count). The van der Waals surface area contributed by atoms with Gasteiger partial charge < -0.3 is 24.6 Å². The first-order chi connectivity index (χ1) is 15.4. The van der Waals surface area contributed by atoms with Crippen LogP contribution >= 0.6 is 0 Å². The third-order valence-electron chi connectivity index (χ3n) is 5.73. The molecule has 3 atom stereocenters. The number of nitrogens with one attached hydrogen (secondary N) is 2. The van der Waals surface area contributed by atoms with Gasteiger partial charge in [-0.2, -0.15) is 0 Å². The van der Waals surface area contributed by atoms with Gasteiger partial charge in [0.1, 0.15) is 5.75 Å². The van der Waals surface area contributed by atoms with Crippen LogP contribution in [0.2, 0.25) is 0 Å². The Morgan fingerprint density at radius 2 is 1.94 bits per heavy atom. The molecule has 11 heteroatoms. The quantitative estimate of drug-likeness (QED) is 0.425. The smallest absolute Gasteiger partial charge is 0.240 e. The number of nitrogens with zero attached hydrogens (tertiary/aromatic N) is 1. The summed E-state index contributed by atoms with van der Waals surface area (Å²) < 4.78 is 44.3. The molecule has 1 amide bonds. The van der Waals surface area contributed by atoms with E-state index in [1.54, 1.807) is 12.1 Å². The Bertz CT molecular complexity index is 828. The Hall–Kier alpha value is -1.76. The van der Waals surface area contributed by atoms with Crippen molar-refractivity contribution in [1.82, 2.24) is 14.9 Å². The lowest BCUT2D eigenvalue weighted by Crippen LogP contribution is -2.51. The number of hydrogen-bond donors (Lipinski definition) is 3. The molecular weight excluding hydrogens is 438 g/mol. The van der Waals surface area contributed by atoms with Crippen molar-refractivity contribution in [2.75, 3.05) is 53.1 Å². The van der Waals surface area contributed by atoms with Crippen LogP contribution in [0.15, 0.2) is 29.2 Å². The largest absolute Gasteiger partial charge is 0.497 e. The van der Waals surface area contributed by atoms with Crippen molar-refractivity contribution < 1.29 is 32.5 Å². The van der Waals surface area contributed by atoms with Crippen LogP contribution in [0.5, 0.6) is 5.75 Å². The molecule has 2 aliphatic rings. The molecule has 32 heavy (non-hydrogen) atoms. The van der Waals surface area contributed by atoms with E-state index in [-0.39, 0.29) is 23.5 Å². The molecule has 0 bridgehead atoms. The fourth-order valence-electron chi connectivity index (χ4n) is 3.89. The predicted octanol–water partition coefficient (Wildman–Crippen LogP) is -0.279. The van der Waals surface area contributed by atoms with Crippen molar-refractivity contribution in [1.29, 1.82) is 0 Å². The molecule has 2 heterocycles. The average Bonchev–Trinajstić information content (AvgIpc) is 2.80. The molecule has 0 aliphatic carbocycles. The first-order valence-corrected chi connectivity index (χ1v) is 12.4.